The number of hydrogen-bond donors (Lipinski definition) is 1. The first-order valence-corrected chi connectivity index (χ1v) is 6.32. The number of benzene rings is 2. The summed E-state index contributed by atoms with van der Waals surface area (Å²) < 4.78 is 5.00. The van der Waals surface area contributed by atoms with Gasteiger partial charge in [0.15, 0.2) is 0 Å². The van der Waals surface area contributed by atoms with Crippen LogP contribution in [-0.2, 0) is 0 Å². The highest BCUT2D eigenvalue weighted by Gasteiger charge is 2.06. The molecule has 0 atom stereocenters. The van der Waals surface area contributed by atoms with Crippen molar-refractivity contribution >= 4 is 10.9 Å². The molecule has 0 saturated carbocycles. The summed E-state index contributed by atoms with van der Waals surface area (Å²) in [6.07, 6.45) is 0. The van der Waals surface area contributed by atoms with Crippen molar-refractivity contribution in [3.63, 3.8) is 0 Å². The molecular weight excluding hydrogens is 252 g/mol. The number of aromatic nitrogens is 2. The maximum atomic E-state index is 11.9. The number of H-pyrrole nitrogens is 1. The first-order chi connectivity index (χ1) is 9.67. The first-order valence-electron chi connectivity index (χ1n) is 6.32. The van der Waals surface area contributed by atoms with Crippen LogP contribution in [0, 0.1) is 6.92 Å². The van der Waals surface area contributed by atoms with E-state index >= 15 is 0 Å². The molecule has 20 heavy (non-hydrogen) atoms. The molecule has 4 heteroatoms. The van der Waals surface area contributed by atoms with Crippen LogP contribution in [-0.4, -0.2) is 17.1 Å². The van der Waals surface area contributed by atoms with Crippen molar-refractivity contribution in [3.8, 4) is 17.1 Å². The Bertz CT molecular complexity index is 820. The van der Waals surface area contributed by atoms with Gasteiger partial charge in [-0.2, -0.15) is 4.98 Å². The molecule has 0 radical (unpaired) electrons. The highest BCUT2D eigenvalue weighted by atomic mass is 16.5. The van der Waals surface area contributed by atoms with E-state index < -0.39 is 0 Å². The van der Waals surface area contributed by atoms with Crippen LogP contribution in [0.25, 0.3) is 22.0 Å². The second-order valence-corrected chi connectivity index (χ2v) is 4.67. The zero-order valence-corrected chi connectivity index (χ0v) is 11.3. The number of nitrogens with zero attached hydrogens (tertiary/aromatic N) is 1. The molecule has 0 aliphatic heterocycles. The van der Waals surface area contributed by atoms with Crippen LogP contribution in [0.3, 0.4) is 0 Å². The normalized spacial score (nSPS) is 10.7. The van der Waals surface area contributed by atoms with Gasteiger partial charge in [-0.1, -0.05) is 35.9 Å². The first kappa shape index (κ1) is 12.4. The number of ether oxygens (including phenoxy) is 1. The van der Waals surface area contributed by atoms with Gasteiger partial charge in [0, 0.05) is 0 Å². The molecule has 2 aromatic carbocycles. The molecular formula is C16H14N2O2. The van der Waals surface area contributed by atoms with Crippen LogP contribution in [0.5, 0.6) is 6.01 Å². The summed E-state index contributed by atoms with van der Waals surface area (Å²) in [5, 5.41) is 0.557. The lowest BCUT2D eigenvalue weighted by atomic mass is 10.0. The summed E-state index contributed by atoms with van der Waals surface area (Å²) in [7, 11) is 1.48. The third-order valence-corrected chi connectivity index (χ3v) is 3.26. The van der Waals surface area contributed by atoms with Crippen LogP contribution in [0.15, 0.2) is 47.3 Å². The molecule has 1 aromatic heterocycles. The zero-order valence-electron chi connectivity index (χ0n) is 11.3. The van der Waals surface area contributed by atoms with Gasteiger partial charge in [0.1, 0.15) is 0 Å². The van der Waals surface area contributed by atoms with E-state index in [2.05, 4.69) is 41.2 Å². The number of rotatable bonds is 2. The molecule has 0 aliphatic carbocycles. The van der Waals surface area contributed by atoms with E-state index in [-0.39, 0.29) is 11.6 Å². The predicted octanol–water partition coefficient (Wildman–Crippen LogP) is 2.91. The van der Waals surface area contributed by atoms with Crippen molar-refractivity contribution in [2.24, 2.45) is 0 Å². The van der Waals surface area contributed by atoms with Crippen molar-refractivity contribution in [3.05, 3.63) is 58.4 Å². The largest absolute Gasteiger partial charge is 0.468 e. The molecule has 0 saturated heterocycles. The van der Waals surface area contributed by atoms with Crippen molar-refractivity contribution < 1.29 is 4.74 Å². The minimum absolute atomic E-state index is 0.192. The van der Waals surface area contributed by atoms with Crippen LogP contribution >= 0.6 is 0 Å². The second kappa shape index (κ2) is 4.81. The standard InChI is InChI=1S/C16H14N2O2/c1-10-3-5-11(6-4-10)12-7-8-13-14(9-12)17-16(20-2)18-15(13)19/h3-9H,1-2H3,(H,17,18,19). The van der Waals surface area contributed by atoms with Crippen LogP contribution in [0.2, 0.25) is 0 Å². The van der Waals surface area contributed by atoms with E-state index in [1.807, 2.05) is 12.1 Å². The summed E-state index contributed by atoms with van der Waals surface area (Å²) in [4.78, 5) is 18.7. The minimum atomic E-state index is -0.192. The van der Waals surface area contributed by atoms with Gasteiger partial charge in [-0.3, -0.25) is 9.78 Å². The van der Waals surface area contributed by atoms with E-state index in [1.54, 1.807) is 6.07 Å². The molecule has 3 rings (SSSR count). The Kier molecular flexibility index (Phi) is 2.99. The highest BCUT2D eigenvalue weighted by molar-refractivity contribution is 5.83. The van der Waals surface area contributed by atoms with Gasteiger partial charge in [0.25, 0.3) is 11.6 Å². The summed E-state index contributed by atoms with van der Waals surface area (Å²) in [6.45, 7) is 2.05. The quantitative estimate of drug-likeness (QED) is 0.776. The Morgan fingerprint density at radius 2 is 1.75 bits per heavy atom. The van der Waals surface area contributed by atoms with Crippen molar-refractivity contribution in [2.45, 2.75) is 6.92 Å². The fourth-order valence-electron chi connectivity index (χ4n) is 2.14. The topological polar surface area (TPSA) is 55.0 Å². The average molecular weight is 266 g/mol. The van der Waals surface area contributed by atoms with Crippen molar-refractivity contribution in [1.29, 1.82) is 0 Å². The lowest BCUT2D eigenvalue weighted by molar-refractivity contribution is 0.380. The third-order valence-electron chi connectivity index (χ3n) is 3.26. The summed E-state index contributed by atoms with van der Waals surface area (Å²) in [6, 6.07) is 14.1. The van der Waals surface area contributed by atoms with Crippen LogP contribution in [0.1, 0.15) is 5.56 Å². The molecule has 4 nitrogen and oxygen atoms in total. The van der Waals surface area contributed by atoms with E-state index in [0.717, 1.165) is 11.1 Å². The van der Waals surface area contributed by atoms with Gasteiger partial charge in [0.2, 0.25) is 0 Å². The van der Waals surface area contributed by atoms with E-state index in [0.29, 0.717) is 10.9 Å². The average Bonchev–Trinajstić information content (AvgIpc) is 2.47. The summed E-state index contributed by atoms with van der Waals surface area (Å²) in [5.74, 6) is 0. The molecule has 0 bridgehead atoms. The molecule has 1 N–H and O–H groups in total. The Morgan fingerprint density at radius 3 is 2.45 bits per heavy atom. The monoisotopic (exact) mass is 266 g/mol. The lowest BCUT2D eigenvalue weighted by Gasteiger charge is -2.05. The summed E-state index contributed by atoms with van der Waals surface area (Å²) >= 11 is 0. The Morgan fingerprint density at radius 1 is 1.05 bits per heavy atom. The lowest BCUT2D eigenvalue weighted by Crippen LogP contribution is -2.09. The minimum Gasteiger partial charge on any atom is -0.468 e. The number of nitrogens with one attached hydrogen (secondary N) is 1. The summed E-state index contributed by atoms with van der Waals surface area (Å²) in [5.41, 5.74) is 3.77. The van der Waals surface area contributed by atoms with E-state index in [4.69, 9.17) is 4.74 Å². The number of aryl methyl sites for hydroxylation is 1. The van der Waals surface area contributed by atoms with Crippen LogP contribution in [0.4, 0.5) is 0 Å². The molecule has 3 aromatic rings. The van der Waals surface area contributed by atoms with Gasteiger partial charge in [-0.25, -0.2) is 0 Å². The van der Waals surface area contributed by atoms with Gasteiger partial charge in [-0.15, -0.1) is 0 Å². The Balaban J connectivity index is 2.19. The van der Waals surface area contributed by atoms with Crippen molar-refractivity contribution in [2.75, 3.05) is 7.11 Å². The fraction of sp³-hybridized carbons (Fsp3) is 0.125. The van der Waals surface area contributed by atoms with E-state index in [1.165, 1.54) is 12.7 Å². The SMILES string of the molecule is COc1nc2cc(-c3ccc(C)cc3)ccc2c(=O)[nH]1. The number of aromatic amines is 1. The van der Waals surface area contributed by atoms with Gasteiger partial charge in [-0.05, 0) is 30.2 Å². The van der Waals surface area contributed by atoms with Crippen molar-refractivity contribution in [1.82, 2.24) is 9.97 Å². The van der Waals surface area contributed by atoms with Crippen LogP contribution < -0.4 is 10.3 Å². The Labute approximate surface area is 116 Å². The number of methoxy groups -OCH3 is 1. The molecule has 100 valence electrons. The maximum absolute atomic E-state index is 11.9. The maximum Gasteiger partial charge on any atom is 0.296 e. The highest BCUT2D eigenvalue weighted by Crippen LogP contribution is 2.23. The second-order valence-electron chi connectivity index (χ2n) is 4.67. The third kappa shape index (κ3) is 2.16. The molecule has 0 aliphatic rings. The van der Waals surface area contributed by atoms with E-state index in [9.17, 15) is 4.79 Å². The van der Waals surface area contributed by atoms with Gasteiger partial charge in [0.05, 0.1) is 18.0 Å². The molecule has 1 heterocycles. The smallest absolute Gasteiger partial charge is 0.296 e. The zero-order chi connectivity index (χ0) is 14.1. The number of fused-ring (bicyclic) bond motifs is 1. The predicted molar refractivity (Wildman–Crippen MR) is 79.1 cm³/mol. The van der Waals surface area contributed by atoms with Gasteiger partial charge < -0.3 is 4.74 Å². The fourth-order valence-corrected chi connectivity index (χ4v) is 2.14. The van der Waals surface area contributed by atoms with Gasteiger partial charge >= 0.3 is 0 Å². The molecule has 0 spiro atoms. The molecule has 0 amide bonds. The molecule has 0 fully saturated rings. The number of hydrogen-bond acceptors (Lipinski definition) is 3. The molecule has 0 unspecified atom stereocenters. The Hall–Kier alpha value is -2.62.